The van der Waals surface area contributed by atoms with Crippen LogP contribution in [-0.4, -0.2) is 11.2 Å². The maximum absolute atomic E-state index is 10.2. The second-order valence-corrected chi connectivity index (χ2v) is 12.3. The van der Waals surface area contributed by atoms with E-state index >= 15 is 0 Å². The lowest BCUT2D eigenvalue weighted by Crippen LogP contribution is -2.49. The highest BCUT2D eigenvalue weighted by molar-refractivity contribution is 5.28. The van der Waals surface area contributed by atoms with Crippen LogP contribution in [0.4, 0.5) is 0 Å². The molecule has 0 aromatic heterocycles. The summed E-state index contributed by atoms with van der Waals surface area (Å²) in [5.41, 5.74) is 2.79. The maximum Gasteiger partial charge on any atom is 0.0543 e. The first-order valence-corrected chi connectivity index (χ1v) is 12.7. The van der Waals surface area contributed by atoms with Gasteiger partial charge in [-0.05, 0) is 104 Å². The van der Waals surface area contributed by atoms with Crippen LogP contribution in [0, 0.1) is 52.3 Å². The number of rotatable bonds is 4. The summed E-state index contributed by atoms with van der Waals surface area (Å²) < 4.78 is 0. The van der Waals surface area contributed by atoms with Crippen LogP contribution < -0.4 is 0 Å². The molecule has 0 saturated heterocycles. The van der Waals surface area contributed by atoms with Crippen LogP contribution >= 0.6 is 0 Å². The van der Waals surface area contributed by atoms with Crippen molar-refractivity contribution in [3.05, 3.63) is 23.8 Å². The lowest BCUT2D eigenvalue weighted by molar-refractivity contribution is -0.0414. The third kappa shape index (κ3) is 3.58. The van der Waals surface area contributed by atoms with Crippen molar-refractivity contribution < 1.29 is 5.11 Å². The Bertz CT molecular complexity index is 659. The summed E-state index contributed by atoms with van der Waals surface area (Å²) >= 11 is 0. The van der Waals surface area contributed by atoms with Crippen LogP contribution in [0.1, 0.15) is 92.9 Å². The number of hydrogen-bond acceptors (Lipinski definition) is 1. The molecule has 3 saturated carbocycles. The van der Waals surface area contributed by atoms with Gasteiger partial charge >= 0.3 is 0 Å². The highest BCUT2D eigenvalue weighted by Gasteiger charge is 2.57. The highest BCUT2D eigenvalue weighted by atomic mass is 16.3. The first-order chi connectivity index (χ1) is 13.7. The van der Waals surface area contributed by atoms with E-state index in [1.165, 1.54) is 38.5 Å². The number of aliphatic hydroxyl groups is 1. The maximum atomic E-state index is 10.2. The van der Waals surface area contributed by atoms with Gasteiger partial charge in [0.05, 0.1) is 6.10 Å². The Hall–Kier alpha value is -0.560. The Balaban J connectivity index is 1.54. The molecule has 29 heavy (non-hydrogen) atoms. The molecule has 1 nitrogen and oxygen atoms in total. The normalized spacial score (nSPS) is 46.8. The fourth-order valence-corrected chi connectivity index (χ4v) is 8.10. The molecule has 3 fully saturated rings. The quantitative estimate of drug-likeness (QED) is 0.489. The Morgan fingerprint density at radius 2 is 1.62 bits per heavy atom. The summed E-state index contributed by atoms with van der Waals surface area (Å²) in [6.07, 6.45) is 17.8. The molecule has 9 atom stereocenters. The zero-order valence-electron chi connectivity index (χ0n) is 20.0. The fourth-order valence-electron chi connectivity index (χ4n) is 8.10. The van der Waals surface area contributed by atoms with Gasteiger partial charge in [-0.3, -0.25) is 0 Å². The van der Waals surface area contributed by atoms with E-state index in [0.717, 1.165) is 36.5 Å². The van der Waals surface area contributed by atoms with Gasteiger partial charge in [0.2, 0.25) is 0 Å². The van der Waals surface area contributed by atoms with Gasteiger partial charge in [0.25, 0.3) is 0 Å². The summed E-state index contributed by atoms with van der Waals surface area (Å²) in [6, 6.07) is 0. The minimum absolute atomic E-state index is 0.0476. The number of aliphatic hydroxyl groups excluding tert-OH is 1. The minimum atomic E-state index is -0.0476. The van der Waals surface area contributed by atoms with Crippen molar-refractivity contribution in [2.75, 3.05) is 0 Å². The van der Waals surface area contributed by atoms with Crippen molar-refractivity contribution in [1.82, 2.24) is 0 Å². The van der Waals surface area contributed by atoms with Crippen LogP contribution in [0.25, 0.3) is 0 Å². The van der Waals surface area contributed by atoms with Gasteiger partial charge < -0.3 is 5.11 Å². The van der Waals surface area contributed by atoms with E-state index in [4.69, 9.17) is 0 Å². The molecule has 0 spiro atoms. The molecule has 1 heteroatoms. The topological polar surface area (TPSA) is 20.2 Å². The van der Waals surface area contributed by atoms with Gasteiger partial charge in [0, 0.05) is 0 Å². The van der Waals surface area contributed by atoms with Gasteiger partial charge in [-0.25, -0.2) is 0 Å². The minimum Gasteiger partial charge on any atom is -0.393 e. The molecule has 0 aromatic carbocycles. The van der Waals surface area contributed by atoms with Crippen molar-refractivity contribution in [2.45, 2.75) is 99.0 Å². The van der Waals surface area contributed by atoms with Gasteiger partial charge in [-0.2, -0.15) is 0 Å². The number of allylic oxidation sites excluding steroid dienone is 4. The van der Waals surface area contributed by atoms with E-state index in [1.54, 1.807) is 0 Å². The van der Waals surface area contributed by atoms with Gasteiger partial charge in [0.15, 0.2) is 0 Å². The van der Waals surface area contributed by atoms with Gasteiger partial charge in [0.1, 0.15) is 0 Å². The molecule has 4 aliphatic rings. The van der Waals surface area contributed by atoms with E-state index in [2.05, 4.69) is 59.8 Å². The number of hydrogen-bond donors (Lipinski definition) is 1. The Morgan fingerprint density at radius 1 is 0.931 bits per heavy atom. The Labute approximate surface area is 180 Å². The third-order valence-corrected chi connectivity index (χ3v) is 10.5. The molecule has 0 radical (unpaired) electrons. The molecule has 4 rings (SSSR count). The molecule has 0 amide bonds. The van der Waals surface area contributed by atoms with Crippen LogP contribution in [-0.2, 0) is 0 Å². The lowest BCUT2D eigenvalue weighted by Gasteiger charge is -2.57. The second kappa shape index (κ2) is 7.85. The average molecular weight is 399 g/mol. The zero-order valence-corrected chi connectivity index (χ0v) is 20.0. The Kier molecular flexibility index (Phi) is 5.86. The number of fused-ring (bicyclic) bond motifs is 5. The SMILES string of the molecule is CC(C)C(C)/C=C/C(C)[C@H]1CCC2C3=CCC4C[C@@H](O)CC[C@]4(C)C3CC[C@@]21C. The highest BCUT2D eigenvalue weighted by Crippen LogP contribution is 2.66. The van der Waals surface area contributed by atoms with Gasteiger partial charge in [-0.15, -0.1) is 0 Å². The van der Waals surface area contributed by atoms with Crippen molar-refractivity contribution in [2.24, 2.45) is 52.3 Å². The van der Waals surface area contributed by atoms with Crippen LogP contribution in [0.3, 0.4) is 0 Å². The first-order valence-electron chi connectivity index (χ1n) is 12.7. The molecule has 0 bridgehead atoms. The summed E-state index contributed by atoms with van der Waals surface area (Å²) in [4.78, 5) is 0. The van der Waals surface area contributed by atoms with E-state index in [1.807, 2.05) is 5.57 Å². The van der Waals surface area contributed by atoms with Crippen molar-refractivity contribution in [3.63, 3.8) is 0 Å². The molecule has 5 unspecified atom stereocenters. The summed E-state index contributed by atoms with van der Waals surface area (Å²) in [6.45, 7) is 14.7. The summed E-state index contributed by atoms with van der Waals surface area (Å²) in [7, 11) is 0. The molecular weight excluding hydrogens is 352 g/mol. The van der Waals surface area contributed by atoms with E-state index < -0.39 is 0 Å². The van der Waals surface area contributed by atoms with Gasteiger partial charge in [-0.1, -0.05) is 65.3 Å². The zero-order chi connectivity index (χ0) is 21.0. The molecular formula is C28H46O. The molecule has 164 valence electrons. The smallest absolute Gasteiger partial charge is 0.0543 e. The molecule has 0 heterocycles. The van der Waals surface area contributed by atoms with E-state index in [9.17, 15) is 5.11 Å². The van der Waals surface area contributed by atoms with E-state index in [0.29, 0.717) is 28.6 Å². The van der Waals surface area contributed by atoms with E-state index in [-0.39, 0.29) is 6.10 Å². The van der Waals surface area contributed by atoms with Crippen molar-refractivity contribution >= 4 is 0 Å². The predicted molar refractivity (Wildman–Crippen MR) is 124 cm³/mol. The third-order valence-electron chi connectivity index (χ3n) is 10.5. The molecule has 0 aliphatic heterocycles. The molecule has 4 aliphatic carbocycles. The lowest BCUT2D eigenvalue weighted by atomic mass is 9.47. The van der Waals surface area contributed by atoms with Crippen LogP contribution in [0.15, 0.2) is 23.8 Å². The largest absolute Gasteiger partial charge is 0.393 e. The molecule has 1 N–H and O–H groups in total. The second-order valence-electron chi connectivity index (χ2n) is 12.3. The fraction of sp³-hybridized carbons (Fsp3) is 0.857. The van der Waals surface area contributed by atoms with Crippen molar-refractivity contribution in [1.29, 1.82) is 0 Å². The monoisotopic (exact) mass is 398 g/mol. The van der Waals surface area contributed by atoms with Crippen molar-refractivity contribution in [3.8, 4) is 0 Å². The average Bonchev–Trinajstić information content (AvgIpc) is 3.03. The predicted octanol–water partition coefficient (Wildman–Crippen LogP) is 7.41. The first kappa shape index (κ1) is 21.7. The summed E-state index contributed by atoms with van der Waals surface area (Å²) in [5.74, 6) is 5.25. The Morgan fingerprint density at radius 3 is 2.34 bits per heavy atom. The standard InChI is InChI=1S/C28H46O/c1-18(2)19(3)7-8-20(4)24-11-12-25-23-10-9-21-17-22(29)13-15-27(21,5)26(23)14-16-28(24,25)6/h7-8,10,18-22,24-26,29H,9,11-17H2,1-6H3/b8-7+/t19?,20?,21?,22-,24+,25?,26?,27-,28+/m0/s1. The summed E-state index contributed by atoms with van der Waals surface area (Å²) in [5, 5.41) is 10.2. The van der Waals surface area contributed by atoms with Crippen LogP contribution in [0.5, 0.6) is 0 Å². The molecule has 0 aromatic rings. The van der Waals surface area contributed by atoms with Crippen LogP contribution in [0.2, 0.25) is 0 Å².